The van der Waals surface area contributed by atoms with Crippen molar-refractivity contribution in [2.45, 2.75) is 174 Å². The van der Waals surface area contributed by atoms with Crippen molar-refractivity contribution in [3.05, 3.63) is 301 Å². The zero-order chi connectivity index (χ0) is 103. The quantitative estimate of drug-likeness (QED) is 0.0115. The van der Waals surface area contributed by atoms with Crippen LogP contribution in [-0.2, 0) is 27.0 Å². The zero-order valence-electron chi connectivity index (χ0n) is 76.1. The van der Waals surface area contributed by atoms with E-state index in [0.29, 0.717) is 96.4 Å². The number of aliphatic imine (C=N–C) groups is 5. The number of amidine groups is 3. The number of alkyl halides is 12. The van der Waals surface area contributed by atoms with Crippen LogP contribution in [0.2, 0.25) is 0 Å². The molecule has 0 spiro atoms. The lowest BCUT2D eigenvalue weighted by Crippen LogP contribution is -2.45. The Morgan fingerprint density at radius 2 is 0.762 bits per heavy atom. The van der Waals surface area contributed by atoms with Crippen molar-refractivity contribution in [3.8, 4) is 34.1 Å². The highest BCUT2D eigenvalue weighted by molar-refractivity contribution is 9.11. The fraction of sp³-hybridized carbons (Fsp3) is 0.320. The van der Waals surface area contributed by atoms with E-state index in [1.165, 1.54) is 97.0 Å². The summed E-state index contributed by atoms with van der Waals surface area (Å²) in [6, 6.07) is 58.4. The largest absolute Gasteiger partial charge is 0.573 e. The highest BCUT2D eigenvalue weighted by Crippen LogP contribution is 2.50. The highest BCUT2D eigenvalue weighted by Gasteiger charge is 2.58. The topological polar surface area (TPSA) is 332 Å². The number of fused-ring (bicyclic) bond motifs is 3. The summed E-state index contributed by atoms with van der Waals surface area (Å²) in [7, 11) is -1.78. The van der Waals surface area contributed by atoms with Gasteiger partial charge in [0, 0.05) is 48.9 Å². The minimum absolute atomic E-state index is 0. The first kappa shape index (κ1) is 117. The molecule has 0 bridgehead atoms. The molecular formula is C97H104BBr3F14N16O8S4. The molecule has 13 N–H and O–H groups in total. The number of hydrogen-bond acceptors (Lipinski definition) is 25. The van der Waals surface area contributed by atoms with Crippen LogP contribution in [0.15, 0.2) is 269 Å². The first-order valence-electron chi connectivity index (χ1n) is 42.0. The van der Waals surface area contributed by atoms with E-state index < -0.39 is 77.8 Å². The average molecular weight is 2270 g/mol. The second kappa shape index (κ2) is 45.8. The number of thiocarbonyl (C=S) groups is 3. The molecule has 10 aromatic rings. The van der Waals surface area contributed by atoms with E-state index in [1.54, 1.807) is 92.4 Å². The molecule has 9 heterocycles. The normalized spacial score (nSPS) is 19.7. The van der Waals surface area contributed by atoms with Gasteiger partial charge < -0.3 is 67.5 Å². The first-order valence-corrected chi connectivity index (χ1v) is 46.4. The number of nitrogens with two attached hydrogens (primary N) is 4. The fourth-order valence-corrected chi connectivity index (χ4v) is 18.7. The van der Waals surface area contributed by atoms with Crippen LogP contribution in [0.1, 0.15) is 143 Å². The number of hydrogen-bond donors (Lipinski definition) is 9. The number of guanidine groups is 2. The number of pyridine rings is 2. The van der Waals surface area contributed by atoms with Gasteiger partial charge in [-0.2, -0.15) is 8.78 Å². The van der Waals surface area contributed by atoms with Gasteiger partial charge in [0.05, 0.1) is 46.0 Å². The van der Waals surface area contributed by atoms with Gasteiger partial charge in [0.15, 0.2) is 28.1 Å². The van der Waals surface area contributed by atoms with Gasteiger partial charge in [-0.3, -0.25) is 30.0 Å². The minimum Gasteiger partial charge on any atom is -0.423 e. The summed E-state index contributed by atoms with van der Waals surface area (Å²) in [5, 5.41) is 32.0. The summed E-state index contributed by atoms with van der Waals surface area (Å²) in [6.45, 7) is 23.3. The Hall–Kier alpha value is -10.9. The first-order chi connectivity index (χ1) is 65.0. The smallest absolute Gasteiger partial charge is 0.423 e. The van der Waals surface area contributed by atoms with Crippen LogP contribution in [0, 0.1) is 11.9 Å². The van der Waals surface area contributed by atoms with E-state index in [1.807, 2.05) is 144 Å². The molecule has 4 atom stereocenters. The Balaban J connectivity index is 0.000000217. The van der Waals surface area contributed by atoms with Gasteiger partial charge >= 0.3 is 32.6 Å². The third kappa shape index (κ3) is 28.9. The van der Waals surface area contributed by atoms with Crippen molar-refractivity contribution in [3.63, 3.8) is 0 Å². The summed E-state index contributed by atoms with van der Waals surface area (Å²) in [6.07, 6.45) is -16.4. The second-order valence-electron chi connectivity index (χ2n) is 35.5. The standard InChI is InChI=1S/C25H21F4N5O.C20H18BrF3N4O.C20H17BrF3N3OS.C16H9BrF3NOS3.C5H5BFNO2.C4H12N2.C4H10O2.3CH4/c1-23(2)14-34-21(32-23)24(33-22(34)30,16-8-10-18(11-9-16)35-25(27,28)29)17-6-3-5-15(13-17)19-7-4-12-31-20(19)26;1-18(2)11-28-16(26-18)19(27-17(28)25,13-4-3-5-14(21)10-13)12-6-8-15(9-7-12)29-20(22,23)24;1-18(2)11-27-16(25-18)19(26-17(27)29,13-4-3-5-14(21)10-13)12-6-8-15(9-7-12)28-20(22,23)24;17-11-3-1-2-10(8-11)15(13(23)25-14(24)21-15)9-4-6-12(7-5-9)22-16(18,19)20;7-5-4(6(9)10)2-1-3-8-5;1-4(2,6)3-5;1-4(2,3)6-5;;;/h3-13H,14H2,1-2H3,(H2,30,33);3-10H,11H2,1-2H3,(H2,25,27);3-10H,11H2,1-2H3,(H,26,29);1-8H,(H,21,24);1-3,9-10H;3,5-6H2,1-2H3;5H,1-3H3;3*1H4. The third-order valence-corrected chi connectivity index (χ3v) is 24.6. The maximum Gasteiger partial charge on any atom is 0.573 e. The molecular weight excluding hydrogens is 2160 g/mol. The Labute approximate surface area is 864 Å². The summed E-state index contributed by atoms with van der Waals surface area (Å²) in [5.74, 6) is -0.204. The predicted octanol–water partition coefficient (Wildman–Crippen LogP) is 21.5. The third-order valence-electron chi connectivity index (χ3n) is 21.1. The van der Waals surface area contributed by atoms with E-state index in [0.717, 1.165) is 35.9 Å². The van der Waals surface area contributed by atoms with Crippen molar-refractivity contribution >= 4 is 152 Å². The molecule has 24 nitrogen and oxygen atoms in total. The van der Waals surface area contributed by atoms with E-state index in [2.05, 4.69) is 92.2 Å². The predicted molar refractivity (Wildman–Crippen MR) is 552 cm³/mol. The van der Waals surface area contributed by atoms with Gasteiger partial charge in [-0.05, 0) is 248 Å². The maximum atomic E-state index is 14.5. The monoisotopic (exact) mass is 2260 g/mol. The lowest BCUT2D eigenvalue weighted by molar-refractivity contribution is -0.306. The number of halogens is 17. The molecule has 143 heavy (non-hydrogen) atoms. The van der Waals surface area contributed by atoms with Crippen LogP contribution < -0.4 is 58.0 Å². The number of ether oxygens (including phenoxy) is 4. The van der Waals surface area contributed by atoms with Gasteiger partial charge in [-0.15, -0.1) is 52.7 Å². The van der Waals surface area contributed by atoms with Crippen LogP contribution in [0.25, 0.3) is 11.1 Å². The number of thioether (sulfide) groups is 1. The average Bonchev–Trinajstić information content (AvgIpc) is 1.56. The molecule has 766 valence electrons. The molecule has 7 aliphatic heterocycles. The minimum atomic E-state index is -4.81. The maximum absolute atomic E-state index is 14.5. The number of aromatic nitrogens is 2. The SMILES string of the molecule is C.C.C.CC(C)(C)OO.CC(C)(N)CN.CC1(C)CN2C(=S)NC(c3ccc(OC(F)(F)F)cc3)(c3cccc(Br)c3)C2=N1.CC1(C)CN2C(N)=NC(c3ccc(OC(F)(F)F)cc3)(c3cccc(-c4cccnc4F)c3)C2=N1.CC1(C)CN2C(N)=NC(c3ccc(OC(F)(F)F)cc3)(c3cccc(Br)c3)C2=N1.FC(F)(F)Oc1ccc(C2(c3cccc(Br)c3)NC(=S)SC2=S)cc1.OB(O)c1cccnc1F. The van der Waals surface area contributed by atoms with E-state index in [4.69, 9.17) is 99.9 Å². The summed E-state index contributed by atoms with van der Waals surface area (Å²) >= 11 is 28.1. The molecule has 2 fully saturated rings. The Morgan fingerprint density at radius 1 is 0.434 bits per heavy atom. The molecule has 46 heteroatoms. The summed E-state index contributed by atoms with van der Waals surface area (Å²) in [5.41, 5.74) is 23.7. The molecule has 2 saturated heterocycles. The molecule has 7 aliphatic rings. The second-order valence-corrected chi connectivity index (χ2v) is 41.0. The van der Waals surface area contributed by atoms with Crippen molar-refractivity contribution in [1.82, 2.24) is 35.3 Å². The number of benzene rings is 8. The van der Waals surface area contributed by atoms with Gasteiger partial charge in [-0.25, -0.2) is 24.8 Å². The summed E-state index contributed by atoms with van der Waals surface area (Å²) in [4.78, 5) is 40.7. The van der Waals surface area contributed by atoms with E-state index in [9.17, 15) is 61.5 Å². The van der Waals surface area contributed by atoms with Crippen molar-refractivity contribution in [1.29, 1.82) is 0 Å². The molecule has 4 unspecified atom stereocenters. The Bertz CT molecular complexity index is 6340. The van der Waals surface area contributed by atoms with Crippen LogP contribution in [0.5, 0.6) is 23.0 Å². The Kier molecular flexibility index (Phi) is 37.6. The number of nitrogens with one attached hydrogen (secondary N) is 2. The molecule has 17 rings (SSSR count). The molecule has 0 amide bonds. The van der Waals surface area contributed by atoms with Gasteiger partial charge in [0.25, 0.3) is 0 Å². The van der Waals surface area contributed by atoms with Crippen LogP contribution in [0.3, 0.4) is 0 Å². The van der Waals surface area contributed by atoms with Crippen molar-refractivity contribution < 1.29 is 101 Å². The fourth-order valence-electron chi connectivity index (χ4n) is 15.3. The molecule has 0 aliphatic carbocycles. The number of rotatable bonds is 15. The molecule has 2 aromatic heterocycles. The van der Waals surface area contributed by atoms with Gasteiger partial charge in [0.2, 0.25) is 11.9 Å². The van der Waals surface area contributed by atoms with Crippen LogP contribution in [0.4, 0.5) is 61.5 Å². The van der Waals surface area contributed by atoms with Crippen molar-refractivity contribution in [2.75, 3.05) is 26.2 Å². The Morgan fingerprint density at radius 3 is 1.10 bits per heavy atom. The van der Waals surface area contributed by atoms with Crippen molar-refractivity contribution in [2.24, 2.45) is 47.9 Å². The molecule has 0 radical (unpaired) electrons. The lowest BCUT2D eigenvalue weighted by atomic mass is 9.81. The highest BCUT2D eigenvalue weighted by atomic mass is 79.9. The zero-order valence-corrected chi connectivity index (χ0v) is 84.1. The molecule has 0 saturated carbocycles. The van der Waals surface area contributed by atoms with Crippen LogP contribution in [-0.4, -0.2) is 170 Å². The van der Waals surface area contributed by atoms with E-state index in [-0.39, 0.29) is 73.3 Å². The van der Waals surface area contributed by atoms with Gasteiger partial charge in [-0.1, -0.05) is 215 Å². The van der Waals surface area contributed by atoms with Gasteiger partial charge in [0.1, 0.15) is 55.9 Å². The van der Waals surface area contributed by atoms with E-state index >= 15 is 0 Å². The molecule has 8 aromatic carbocycles. The van der Waals surface area contributed by atoms with Crippen LogP contribution >= 0.6 is 96.2 Å². The summed E-state index contributed by atoms with van der Waals surface area (Å²) < 4.78 is 197. The number of nitrogens with zero attached hydrogens (tertiary/aromatic N) is 10. The lowest BCUT2D eigenvalue weighted by Gasteiger charge is -2.31.